The summed E-state index contributed by atoms with van der Waals surface area (Å²) in [5.41, 5.74) is 0.602. The second-order valence-electron chi connectivity index (χ2n) is 4.31. The molecule has 1 aliphatic rings. The van der Waals surface area contributed by atoms with Gasteiger partial charge in [-0.1, -0.05) is 11.6 Å². The number of hydrogen-bond acceptors (Lipinski definition) is 4. The maximum atomic E-state index is 11.8. The van der Waals surface area contributed by atoms with Gasteiger partial charge in [0.25, 0.3) is 0 Å². The number of hydrogen-bond donors (Lipinski definition) is 2. The van der Waals surface area contributed by atoms with Crippen LogP contribution in [-0.4, -0.2) is 39.1 Å². The first-order valence-corrected chi connectivity index (χ1v) is 5.98. The molecular weight excluding hydrogens is 256 g/mol. The average Bonchev–Trinajstić information content (AvgIpc) is 2.95. The summed E-state index contributed by atoms with van der Waals surface area (Å²) in [6, 6.07) is 1.78. The first-order chi connectivity index (χ1) is 8.69. The molecule has 6 nitrogen and oxygen atoms in total. The first kappa shape index (κ1) is 11.4. The Morgan fingerprint density at radius 3 is 3.11 bits per heavy atom. The summed E-state index contributed by atoms with van der Waals surface area (Å²) in [6.07, 6.45) is 2.04. The van der Waals surface area contributed by atoms with Crippen LogP contribution in [0.25, 0.3) is 11.0 Å². The lowest BCUT2D eigenvalue weighted by Crippen LogP contribution is -2.27. The summed E-state index contributed by atoms with van der Waals surface area (Å²) in [6.45, 7) is 0.415. The zero-order valence-electron chi connectivity index (χ0n) is 9.43. The summed E-state index contributed by atoms with van der Waals surface area (Å²) >= 11 is 6.04. The number of nitrogens with one attached hydrogen (secondary N) is 1. The molecule has 1 atom stereocenters. The molecule has 0 bridgehead atoms. The van der Waals surface area contributed by atoms with Crippen molar-refractivity contribution in [3.05, 3.63) is 17.4 Å². The van der Waals surface area contributed by atoms with E-state index in [1.165, 1.54) is 4.90 Å². The highest BCUT2D eigenvalue weighted by Crippen LogP contribution is 2.26. The molecule has 3 rings (SSSR count). The van der Waals surface area contributed by atoms with E-state index in [4.69, 9.17) is 16.7 Å². The van der Waals surface area contributed by atoms with Crippen molar-refractivity contribution < 1.29 is 9.90 Å². The Morgan fingerprint density at radius 1 is 1.56 bits per heavy atom. The van der Waals surface area contributed by atoms with Crippen molar-refractivity contribution in [3.63, 3.8) is 0 Å². The fourth-order valence-corrected chi connectivity index (χ4v) is 2.34. The monoisotopic (exact) mass is 266 g/mol. The molecule has 2 N–H and O–H groups in total. The van der Waals surface area contributed by atoms with Gasteiger partial charge in [0, 0.05) is 31.7 Å². The SMILES string of the molecule is O=C1CC(CO)CN1c1nc(Cl)c2cc[nH]c2n1. The zero-order valence-corrected chi connectivity index (χ0v) is 10.2. The highest BCUT2D eigenvalue weighted by molar-refractivity contribution is 6.34. The van der Waals surface area contributed by atoms with E-state index >= 15 is 0 Å². The van der Waals surface area contributed by atoms with Crippen LogP contribution in [0.5, 0.6) is 0 Å². The van der Waals surface area contributed by atoms with Gasteiger partial charge in [-0.15, -0.1) is 0 Å². The van der Waals surface area contributed by atoms with Gasteiger partial charge < -0.3 is 10.1 Å². The zero-order chi connectivity index (χ0) is 12.7. The number of aromatic amines is 1. The maximum absolute atomic E-state index is 11.8. The Morgan fingerprint density at radius 2 is 2.39 bits per heavy atom. The van der Waals surface area contributed by atoms with Gasteiger partial charge in [0.1, 0.15) is 10.8 Å². The molecule has 94 valence electrons. The van der Waals surface area contributed by atoms with Crippen molar-refractivity contribution in [2.45, 2.75) is 6.42 Å². The Balaban J connectivity index is 2.01. The van der Waals surface area contributed by atoms with E-state index in [0.717, 1.165) is 5.39 Å². The minimum absolute atomic E-state index is 0.0132. The number of aliphatic hydroxyl groups excluding tert-OH is 1. The van der Waals surface area contributed by atoms with Crippen LogP contribution in [0.2, 0.25) is 5.15 Å². The normalized spacial score (nSPS) is 20.0. The average molecular weight is 267 g/mol. The van der Waals surface area contributed by atoms with Crippen LogP contribution in [0.15, 0.2) is 12.3 Å². The summed E-state index contributed by atoms with van der Waals surface area (Å²) in [5, 5.41) is 10.1. The molecule has 7 heteroatoms. The number of amides is 1. The van der Waals surface area contributed by atoms with Crippen molar-refractivity contribution in [3.8, 4) is 0 Å². The molecule has 0 aromatic carbocycles. The molecule has 0 saturated carbocycles. The number of anilines is 1. The molecule has 0 aliphatic carbocycles. The van der Waals surface area contributed by atoms with Gasteiger partial charge in [0.2, 0.25) is 11.9 Å². The van der Waals surface area contributed by atoms with E-state index in [2.05, 4.69) is 15.0 Å². The maximum Gasteiger partial charge on any atom is 0.235 e. The largest absolute Gasteiger partial charge is 0.396 e. The highest BCUT2D eigenvalue weighted by Gasteiger charge is 2.32. The summed E-state index contributed by atoms with van der Waals surface area (Å²) in [5.74, 6) is 0.145. The van der Waals surface area contributed by atoms with Crippen molar-refractivity contribution >= 4 is 34.5 Å². The Labute approximate surface area is 108 Å². The van der Waals surface area contributed by atoms with Crippen molar-refractivity contribution in [2.24, 2.45) is 5.92 Å². The van der Waals surface area contributed by atoms with Crippen LogP contribution in [0.3, 0.4) is 0 Å². The van der Waals surface area contributed by atoms with Crippen LogP contribution < -0.4 is 4.90 Å². The van der Waals surface area contributed by atoms with Crippen molar-refractivity contribution in [2.75, 3.05) is 18.1 Å². The number of halogens is 1. The number of nitrogens with zero attached hydrogens (tertiary/aromatic N) is 3. The predicted octanol–water partition coefficient (Wildman–Crippen LogP) is 0.956. The predicted molar refractivity (Wildman–Crippen MR) is 66.4 cm³/mol. The van der Waals surface area contributed by atoms with Crippen LogP contribution in [0, 0.1) is 5.92 Å². The molecule has 0 radical (unpaired) electrons. The summed E-state index contributed by atoms with van der Waals surface area (Å²) in [4.78, 5) is 24.6. The van der Waals surface area contributed by atoms with Gasteiger partial charge in [0.15, 0.2) is 0 Å². The molecule has 2 aromatic heterocycles. The number of aliphatic hydroxyl groups is 1. The molecule has 2 aromatic rings. The van der Waals surface area contributed by atoms with Crippen molar-refractivity contribution in [1.82, 2.24) is 15.0 Å². The van der Waals surface area contributed by atoms with E-state index in [-0.39, 0.29) is 24.4 Å². The fraction of sp³-hybridized carbons (Fsp3) is 0.364. The topological polar surface area (TPSA) is 82.1 Å². The molecular formula is C11H11ClN4O2. The number of carbonyl (C=O) groups excluding carboxylic acids is 1. The number of carbonyl (C=O) groups is 1. The summed E-state index contributed by atoms with van der Waals surface area (Å²) < 4.78 is 0. The third-order valence-electron chi connectivity index (χ3n) is 3.06. The minimum atomic E-state index is -0.0870. The number of fused-ring (bicyclic) bond motifs is 1. The van der Waals surface area contributed by atoms with E-state index in [0.29, 0.717) is 23.8 Å². The third-order valence-corrected chi connectivity index (χ3v) is 3.35. The number of rotatable bonds is 2. The molecule has 18 heavy (non-hydrogen) atoms. The molecule has 1 saturated heterocycles. The van der Waals surface area contributed by atoms with Gasteiger partial charge in [-0.3, -0.25) is 9.69 Å². The van der Waals surface area contributed by atoms with Gasteiger partial charge in [-0.25, -0.2) is 0 Å². The van der Waals surface area contributed by atoms with Crippen LogP contribution in [0.4, 0.5) is 5.95 Å². The molecule has 3 heterocycles. The third kappa shape index (κ3) is 1.74. The highest BCUT2D eigenvalue weighted by atomic mass is 35.5. The Hall–Kier alpha value is -1.66. The molecule has 0 spiro atoms. The molecule has 1 fully saturated rings. The van der Waals surface area contributed by atoms with E-state index < -0.39 is 0 Å². The van der Waals surface area contributed by atoms with Crippen molar-refractivity contribution in [1.29, 1.82) is 0 Å². The Bertz CT molecular complexity index is 612. The lowest BCUT2D eigenvalue weighted by molar-refractivity contribution is -0.117. The van der Waals surface area contributed by atoms with E-state index in [9.17, 15) is 4.79 Å². The first-order valence-electron chi connectivity index (χ1n) is 5.61. The second kappa shape index (κ2) is 4.22. The van der Waals surface area contributed by atoms with Gasteiger partial charge in [0.05, 0.1) is 5.39 Å². The minimum Gasteiger partial charge on any atom is -0.396 e. The number of H-pyrrole nitrogens is 1. The van der Waals surface area contributed by atoms with E-state index in [1.54, 1.807) is 12.3 Å². The standard InChI is InChI=1S/C11H11ClN4O2/c12-9-7-1-2-13-10(7)15-11(14-9)16-4-6(5-17)3-8(16)18/h1-2,6,17H,3-5H2,(H,13,14,15). The van der Waals surface area contributed by atoms with Crippen LogP contribution in [0.1, 0.15) is 6.42 Å². The second-order valence-corrected chi connectivity index (χ2v) is 4.67. The molecule has 1 amide bonds. The van der Waals surface area contributed by atoms with Crippen LogP contribution >= 0.6 is 11.6 Å². The molecule has 1 unspecified atom stereocenters. The van der Waals surface area contributed by atoms with Gasteiger partial charge in [-0.05, 0) is 6.07 Å². The van der Waals surface area contributed by atoms with Crippen LogP contribution in [-0.2, 0) is 4.79 Å². The lowest BCUT2D eigenvalue weighted by Gasteiger charge is -2.14. The molecule has 1 aliphatic heterocycles. The van der Waals surface area contributed by atoms with Gasteiger partial charge in [-0.2, -0.15) is 9.97 Å². The smallest absolute Gasteiger partial charge is 0.235 e. The fourth-order valence-electron chi connectivity index (χ4n) is 2.11. The quantitative estimate of drug-likeness (QED) is 0.793. The lowest BCUT2D eigenvalue weighted by atomic mass is 10.1. The Kier molecular flexibility index (Phi) is 2.68. The summed E-state index contributed by atoms with van der Waals surface area (Å²) in [7, 11) is 0. The van der Waals surface area contributed by atoms with Gasteiger partial charge >= 0.3 is 0 Å². The van der Waals surface area contributed by atoms with E-state index in [1.807, 2.05) is 0 Å². The number of aromatic nitrogens is 3.